The summed E-state index contributed by atoms with van der Waals surface area (Å²) < 4.78 is 10.1. The highest BCUT2D eigenvalue weighted by Crippen LogP contribution is 2.41. The number of carbonyl (C=O) groups excluding carboxylic acids is 3. The van der Waals surface area contributed by atoms with Crippen molar-refractivity contribution in [1.82, 2.24) is 9.88 Å². The summed E-state index contributed by atoms with van der Waals surface area (Å²) in [6.45, 7) is 10.3. The lowest BCUT2D eigenvalue weighted by Crippen LogP contribution is -3.12. The first kappa shape index (κ1) is 26.0. The molecule has 0 radical (unpaired) electrons. The number of hydrogen-bond acceptors (Lipinski definition) is 6. The predicted octanol–water partition coefficient (Wildman–Crippen LogP) is 1.77. The van der Waals surface area contributed by atoms with Crippen molar-refractivity contribution in [3.05, 3.63) is 57.9 Å². The van der Waals surface area contributed by atoms with Crippen LogP contribution in [-0.2, 0) is 14.3 Å². The standard InChI is InChI=1S/C26H33N3O6/c1-7-28(8-2)13-14-29-22(17-9-11-18(34-5)12-10-17)20(24(31)25(29)32)23(30)19-15(3)21(26(33)35-6)27-16(19)4/h9-12,22,27,30H,7-8,13-14H2,1-6H3/p+1/b23-20-/t22-/m0/s1. The number of benzene rings is 1. The molecule has 3 N–H and O–H groups in total. The van der Waals surface area contributed by atoms with Crippen molar-refractivity contribution < 1.29 is 33.9 Å². The first-order valence-electron chi connectivity index (χ1n) is 11.7. The van der Waals surface area contributed by atoms with E-state index in [1.165, 1.54) is 16.9 Å². The van der Waals surface area contributed by atoms with Gasteiger partial charge in [0.1, 0.15) is 17.2 Å². The Morgan fingerprint density at radius 3 is 2.29 bits per heavy atom. The molecule has 2 aromatic rings. The molecule has 1 aliphatic rings. The van der Waals surface area contributed by atoms with Crippen molar-refractivity contribution in [3.63, 3.8) is 0 Å². The number of methoxy groups -OCH3 is 2. The fourth-order valence-electron chi connectivity index (χ4n) is 4.67. The van der Waals surface area contributed by atoms with Gasteiger partial charge in [-0.3, -0.25) is 9.59 Å². The first-order valence-corrected chi connectivity index (χ1v) is 11.7. The molecule has 0 saturated carbocycles. The Balaban J connectivity index is 2.17. The zero-order chi connectivity index (χ0) is 25.9. The predicted molar refractivity (Wildman–Crippen MR) is 131 cm³/mol. The van der Waals surface area contributed by atoms with E-state index in [9.17, 15) is 19.5 Å². The van der Waals surface area contributed by atoms with Crippen LogP contribution in [0.5, 0.6) is 5.75 Å². The van der Waals surface area contributed by atoms with Crippen LogP contribution in [0.1, 0.15) is 52.8 Å². The van der Waals surface area contributed by atoms with Crippen LogP contribution in [0.15, 0.2) is 29.8 Å². The minimum absolute atomic E-state index is 0.00340. The molecule has 2 heterocycles. The van der Waals surface area contributed by atoms with Gasteiger partial charge in [-0.15, -0.1) is 0 Å². The van der Waals surface area contributed by atoms with E-state index in [1.807, 2.05) is 0 Å². The highest BCUT2D eigenvalue weighted by molar-refractivity contribution is 6.46. The number of H-pyrrole nitrogens is 1. The number of ketones is 1. The van der Waals surface area contributed by atoms with Gasteiger partial charge in [0.05, 0.1) is 52.0 Å². The normalized spacial score (nSPS) is 17.3. The molecule has 9 heteroatoms. The number of aromatic nitrogens is 1. The monoisotopic (exact) mass is 484 g/mol. The van der Waals surface area contributed by atoms with Gasteiger partial charge in [0, 0.05) is 11.3 Å². The molecule has 0 aliphatic carbocycles. The smallest absolute Gasteiger partial charge is 0.354 e. The van der Waals surface area contributed by atoms with Crippen LogP contribution in [0.2, 0.25) is 0 Å². The van der Waals surface area contributed by atoms with E-state index in [1.54, 1.807) is 45.2 Å². The number of quaternary nitrogens is 1. The fourth-order valence-corrected chi connectivity index (χ4v) is 4.67. The highest BCUT2D eigenvalue weighted by atomic mass is 16.5. The van der Waals surface area contributed by atoms with Crippen molar-refractivity contribution in [2.45, 2.75) is 33.7 Å². The van der Waals surface area contributed by atoms with E-state index in [0.717, 1.165) is 13.1 Å². The van der Waals surface area contributed by atoms with E-state index < -0.39 is 23.7 Å². The molecular formula is C26H34N3O6+. The second kappa shape index (κ2) is 10.8. The van der Waals surface area contributed by atoms with Gasteiger partial charge in [0.25, 0.3) is 11.7 Å². The third-order valence-electron chi connectivity index (χ3n) is 6.74. The molecular weight excluding hydrogens is 450 g/mol. The molecule has 1 fully saturated rings. The number of Topliss-reactive ketones (excluding diaryl/α,β-unsaturated/α-hetero) is 1. The molecule has 9 nitrogen and oxygen atoms in total. The van der Waals surface area contributed by atoms with Crippen molar-refractivity contribution in [1.29, 1.82) is 0 Å². The molecule has 1 saturated heterocycles. The molecule has 0 spiro atoms. The Hall–Kier alpha value is -3.59. The molecule has 35 heavy (non-hydrogen) atoms. The molecule has 188 valence electrons. The maximum Gasteiger partial charge on any atom is 0.354 e. The number of hydrogen-bond donors (Lipinski definition) is 3. The number of aryl methyl sites for hydroxylation is 1. The largest absolute Gasteiger partial charge is 0.507 e. The highest BCUT2D eigenvalue weighted by Gasteiger charge is 2.46. The van der Waals surface area contributed by atoms with Gasteiger partial charge in [0.15, 0.2) is 0 Å². The molecule has 1 aromatic heterocycles. The van der Waals surface area contributed by atoms with Crippen LogP contribution in [0.4, 0.5) is 0 Å². The van der Waals surface area contributed by atoms with Gasteiger partial charge in [-0.25, -0.2) is 4.79 Å². The number of nitrogens with one attached hydrogen (secondary N) is 2. The lowest BCUT2D eigenvalue weighted by Gasteiger charge is -2.27. The average Bonchev–Trinajstić information content (AvgIpc) is 3.30. The Morgan fingerprint density at radius 2 is 1.74 bits per heavy atom. The number of likely N-dealkylation sites (N-methyl/N-ethyl adjacent to an activating group) is 1. The van der Waals surface area contributed by atoms with Crippen LogP contribution in [0.25, 0.3) is 5.76 Å². The summed E-state index contributed by atoms with van der Waals surface area (Å²) in [6, 6.07) is 6.32. The van der Waals surface area contributed by atoms with Crippen LogP contribution >= 0.6 is 0 Å². The second-order valence-electron chi connectivity index (χ2n) is 8.59. The zero-order valence-electron chi connectivity index (χ0n) is 21.2. The second-order valence-corrected chi connectivity index (χ2v) is 8.59. The van der Waals surface area contributed by atoms with Crippen LogP contribution in [0.3, 0.4) is 0 Å². The number of likely N-dealkylation sites (tertiary alicyclic amines) is 1. The summed E-state index contributed by atoms with van der Waals surface area (Å²) in [6.07, 6.45) is 0. The summed E-state index contributed by atoms with van der Waals surface area (Å²) in [7, 11) is 2.83. The third kappa shape index (κ3) is 4.81. The van der Waals surface area contributed by atoms with Crippen LogP contribution in [-0.4, -0.2) is 73.0 Å². The molecule has 1 amide bonds. The minimum atomic E-state index is -0.772. The van der Waals surface area contributed by atoms with Crippen LogP contribution in [0, 0.1) is 13.8 Å². The summed E-state index contributed by atoms with van der Waals surface area (Å²) in [5.41, 5.74) is 2.12. The Labute approximate surface area is 205 Å². The topological polar surface area (TPSA) is 113 Å². The van der Waals surface area contributed by atoms with Crippen molar-refractivity contribution in [2.75, 3.05) is 40.4 Å². The number of ether oxygens (including phenoxy) is 2. The molecule has 3 rings (SSSR count). The summed E-state index contributed by atoms with van der Waals surface area (Å²) in [4.78, 5) is 44.4. The van der Waals surface area contributed by atoms with Gasteiger partial charge in [-0.1, -0.05) is 12.1 Å². The summed E-state index contributed by atoms with van der Waals surface area (Å²) >= 11 is 0. The average molecular weight is 485 g/mol. The molecule has 1 aliphatic heterocycles. The number of rotatable bonds is 9. The Bertz CT molecular complexity index is 1140. The third-order valence-corrected chi connectivity index (χ3v) is 6.74. The summed E-state index contributed by atoms with van der Waals surface area (Å²) in [5.74, 6) is -1.67. The Kier molecular flexibility index (Phi) is 8.01. The number of aromatic amines is 1. The van der Waals surface area contributed by atoms with Crippen LogP contribution < -0.4 is 9.64 Å². The van der Waals surface area contributed by atoms with Gasteiger partial charge >= 0.3 is 5.97 Å². The number of esters is 1. The minimum Gasteiger partial charge on any atom is -0.507 e. The Morgan fingerprint density at radius 1 is 1.11 bits per heavy atom. The van der Waals surface area contributed by atoms with Gasteiger partial charge in [0.2, 0.25) is 0 Å². The van der Waals surface area contributed by atoms with Gasteiger partial charge in [-0.2, -0.15) is 0 Å². The van der Waals surface area contributed by atoms with Gasteiger partial charge < -0.3 is 29.4 Å². The first-order chi connectivity index (χ1) is 16.7. The van der Waals surface area contributed by atoms with E-state index in [2.05, 4.69) is 18.8 Å². The molecule has 1 aromatic carbocycles. The fraction of sp³-hybridized carbons (Fsp3) is 0.423. The molecule has 0 unspecified atom stereocenters. The van der Waals surface area contributed by atoms with E-state index in [4.69, 9.17) is 9.47 Å². The summed E-state index contributed by atoms with van der Waals surface area (Å²) in [5, 5.41) is 11.4. The maximum absolute atomic E-state index is 13.3. The lowest BCUT2D eigenvalue weighted by molar-refractivity contribution is -0.895. The SMILES string of the molecule is CC[NH+](CC)CCN1C(=O)C(=O)/C(=C(\O)c2c(C)[nH]c(C(=O)OC)c2C)[C@@H]1c1ccc(OC)cc1. The van der Waals surface area contributed by atoms with Gasteiger partial charge in [-0.05, 0) is 51.0 Å². The van der Waals surface area contributed by atoms with E-state index >= 15 is 0 Å². The van der Waals surface area contributed by atoms with Crippen molar-refractivity contribution >= 4 is 23.4 Å². The quantitative estimate of drug-likeness (QED) is 0.216. The molecule has 0 bridgehead atoms. The number of aliphatic hydroxyl groups excluding tert-OH is 1. The maximum atomic E-state index is 13.3. The number of aliphatic hydroxyl groups is 1. The van der Waals surface area contributed by atoms with E-state index in [0.29, 0.717) is 41.2 Å². The van der Waals surface area contributed by atoms with Crippen molar-refractivity contribution in [2.24, 2.45) is 0 Å². The van der Waals surface area contributed by atoms with Crippen molar-refractivity contribution in [3.8, 4) is 5.75 Å². The zero-order valence-corrected chi connectivity index (χ0v) is 21.2. The van der Waals surface area contributed by atoms with E-state index in [-0.39, 0.29) is 17.0 Å². The number of amides is 1. The number of nitrogens with zero attached hydrogens (tertiary/aromatic N) is 1. The lowest BCUT2D eigenvalue weighted by atomic mass is 9.94. The number of carbonyl (C=O) groups is 3. The molecule has 1 atom stereocenters.